The van der Waals surface area contributed by atoms with Crippen molar-refractivity contribution in [2.45, 2.75) is 71.8 Å². The summed E-state index contributed by atoms with van der Waals surface area (Å²) >= 11 is 0. The molecule has 100 valence electrons. The quantitative estimate of drug-likeness (QED) is 0.791. The Bertz CT molecular complexity index is 226. The molecule has 0 aromatic rings. The highest BCUT2D eigenvalue weighted by Crippen LogP contribution is 2.38. The van der Waals surface area contributed by atoms with E-state index < -0.39 is 0 Å². The summed E-state index contributed by atoms with van der Waals surface area (Å²) in [5.74, 6) is 0.846. The summed E-state index contributed by atoms with van der Waals surface area (Å²) in [7, 11) is 0. The largest absolute Gasteiger partial charge is 0.252 e. The Morgan fingerprint density at radius 1 is 0.882 bits per heavy atom. The average Bonchev–Trinajstić information content (AvgIpc) is 2.30. The Morgan fingerprint density at radius 3 is 2.18 bits per heavy atom. The molecule has 1 N–H and O–H groups in total. The monoisotopic (exact) mass is 238 g/mol. The molecule has 2 atom stereocenters. The predicted octanol–water partition coefficient (Wildman–Crippen LogP) is 3.58. The number of hydrogen-bond acceptors (Lipinski definition) is 2. The van der Waals surface area contributed by atoms with E-state index in [9.17, 15) is 0 Å². The van der Waals surface area contributed by atoms with Gasteiger partial charge in [0.1, 0.15) is 0 Å². The fourth-order valence-corrected chi connectivity index (χ4v) is 3.58. The lowest BCUT2D eigenvalue weighted by molar-refractivity contribution is 0.0493. The van der Waals surface area contributed by atoms with Crippen LogP contribution < -0.4 is 5.43 Å². The normalized spacial score (nSPS) is 32.6. The lowest BCUT2D eigenvalue weighted by atomic mass is 9.70. The molecular formula is C15H30N2. The summed E-state index contributed by atoms with van der Waals surface area (Å²) in [6, 6.07) is 0.724. The first kappa shape index (κ1) is 13.4. The molecule has 2 fully saturated rings. The van der Waals surface area contributed by atoms with Crippen molar-refractivity contribution in [3.63, 3.8) is 0 Å². The minimum absolute atomic E-state index is 0.452. The van der Waals surface area contributed by atoms with Gasteiger partial charge in [0.05, 0.1) is 0 Å². The first-order valence-corrected chi connectivity index (χ1v) is 7.58. The maximum atomic E-state index is 3.85. The summed E-state index contributed by atoms with van der Waals surface area (Å²) in [4.78, 5) is 0. The highest BCUT2D eigenvalue weighted by molar-refractivity contribution is 4.87. The van der Waals surface area contributed by atoms with Gasteiger partial charge in [0.2, 0.25) is 0 Å². The zero-order valence-corrected chi connectivity index (χ0v) is 12.0. The first-order valence-electron chi connectivity index (χ1n) is 7.58. The SMILES string of the molecule is CC(C)(C)C1CCCCC1NN1CCCCC1. The molecule has 1 saturated heterocycles. The van der Waals surface area contributed by atoms with Crippen molar-refractivity contribution in [3.05, 3.63) is 0 Å². The molecule has 1 heterocycles. The van der Waals surface area contributed by atoms with Crippen LogP contribution in [-0.4, -0.2) is 24.1 Å². The molecule has 0 spiro atoms. The molecule has 1 aliphatic heterocycles. The number of rotatable bonds is 2. The Morgan fingerprint density at radius 2 is 1.53 bits per heavy atom. The van der Waals surface area contributed by atoms with Crippen LogP contribution in [0.15, 0.2) is 0 Å². The summed E-state index contributed by atoms with van der Waals surface area (Å²) in [6.07, 6.45) is 9.80. The third kappa shape index (κ3) is 3.69. The van der Waals surface area contributed by atoms with Crippen LogP contribution in [0.5, 0.6) is 0 Å². The van der Waals surface area contributed by atoms with Crippen LogP contribution in [0, 0.1) is 11.3 Å². The molecule has 2 nitrogen and oxygen atoms in total. The van der Waals surface area contributed by atoms with Crippen LogP contribution in [-0.2, 0) is 0 Å². The van der Waals surface area contributed by atoms with Crippen LogP contribution in [0.25, 0.3) is 0 Å². The molecule has 2 rings (SSSR count). The van der Waals surface area contributed by atoms with Gasteiger partial charge in [0.25, 0.3) is 0 Å². The van der Waals surface area contributed by atoms with Crippen LogP contribution >= 0.6 is 0 Å². The summed E-state index contributed by atoms with van der Waals surface area (Å²) in [5, 5.41) is 2.50. The van der Waals surface area contributed by atoms with E-state index in [4.69, 9.17) is 0 Å². The van der Waals surface area contributed by atoms with Crippen molar-refractivity contribution in [2.24, 2.45) is 11.3 Å². The van der Waals surface area contributed by atoms with E-state index in [0.717, 1.165) is 12.0 Å². The van der Waals surface area contributed by atoms with Crippen LogP contribution in [0.1, 0.15) is 65.7 Å². The van der Waals surface area contributed by atoms with Gasteiger partial charge in [-0.1, -0.05) is 40.0 Å². The van der Waals surface area contributed by atoms with Gasteiger partial charge in [-0.15, -0.1) is 0 Å². The molecule has 0 aromatic heterocycles. The Balaban J connectivity index is 1.91. The van der Waals surface area contributed by atoms with Gasteiger partial charge in [-0.3, -0.25) is 5.43 Å². The van der Waals surface area contributed by atoms with E-state index in [1.54, 1.807) is 0 Å². The fraction of sp³-hybridized carbons (Fsp3) is 1.00. The highest BCUT2D eigenvalue weighted by Gasteiger charge is 2.34. The average molecular weight is 238 g/mol. The van der Waals surface area contributed by atoms with Gasteiger partial charge in [0.15, 0.2) is 0 Å². The van der Waals surface area contributed by atoms with E-state index in [0.29, 0.717) is 5.41 Å². The van der Waals surface area contributed by atoms with Crippen molar-refractivity contribution in [1.82, 2.24) is 10.4 Å². The van der Waals surface area contributed by atoms with Gasteiger partial charge in [-0.05, 0) is 37.0 Å². The molecule has 2 unspecified atom stereocenters. The van der Waals surface area contributed by atoms with Gasteiger partial charge in [0, 0.05) is 19.1 Å². The van der Waals surface area contributed by atoms with Crippen molar-refractivity contribution >= 4 is 0 Å². The third-order valence-corrected chi connectivity index (χ3v) is 4.58. The van der Waals surface area contributed by atoms with E-state index in [1.807, 2.05) is 0 Å². The lowest BCUT2D eigenvalue weighted by Crippen LogP contribution is -2.53. The van der Waals surface area contributed by atoms with Crippen LogP contribution in [0.2, 0.25) is 0 Å². The number of hydrazine groups is 1. The van der Waals surface area contributed by atoms with Crippen molar-refractivity contribution in [2.75, 3.05) is 13.1 Å². The summed E-state index contributed by atoms with van der Waals surface area (Å²) in [5.41, 5.74) is 4.30. The molecule has 0 amide bonds. The van der Waals surface area contributed by atoms with Gasteiger partial charge in [-0.25, -0.2) is 5.01 Å². The molecule has 17 heavy (non-hydrogen) atoms. The zero-order chi connectivity index (χ0) is 12.3. The van der Waals surface area contributed by atoms with Crippen molar-refractivity contribution in [1.29, 1.82) is 0 Å². The zero-order valence-electron chi connectivity index (χ0n) is 12.0. The van der Waals surface area contributed by atoms with Crippen LogP contribution in [0.4, 0.5) is 0 Å². The topological polar surface area (TPSA) is 15.3 Å². The molecule has 2 aliphatic rings. The molecular weight excluding hydrogens is 208 g/mol. The third-order valence-electron chi connectivity index (χ3n) is 4.58. The molecule has 0 radical (unpaired) electrons. The van der Waals surface area contributed by atoms with Gasteiger partial charge in [-0.2, -0.15) is 0 Å². The summed E-state index contributed by atoms with van der Waals surface area (Å²) < 4.78 is 0. The van der Waals surface area contributed by atoms with Gasteiger partial charge < -0.3 is 0 Å². The second kappa shape index (κ2) is 5.71. The van der Waals surface area contributed by atoms with E-state index in [1.165, 1.54) is 58.0 Å². The first-order chi connectivity index (χ1) is 8.07. The van der Waals surface area contributed by atoms with Crippen LogP contribution in [0.3, 0.4) is 0 Å². The number of hydrogen-bond donors (Lipinski definition) is 1. The fourth-order valence-electron chi connectivity index (χ4n) is 3.58. The molecule has 0 bridgehead atoms. The lowest BCUT2D eigenvalue weighted by Gasteiger charge is -2.43. The minimum Gasteiger partial charge on any atom is -0.252 e. The van der Waals surface area contributed by atoms with Gasteiger partial charge >= 0.3 is 0 Å². The van der Waals surface area contributed by atoms with E-state index in [2.05, 4.69) is 31.2 Å². The Hall–Kier alpha value is -0.0800. The predicted molar refractivity (Wildman–Crippen MR) is 73.8 cm³/mol. The number of nitrogens with zero attached hydrogens (tertiary/aromatic N) is 1. The molecule has 2 heteroatoms. The Labute approximate surface area is 107 Å². The van der Waals surface area contributed by atoms with E-state index >= 15 is 0 Å². The van der Waals surface area contributed by atoms with Crippen molar-refractivity contribution in [3.8, 4) is 0 Å². The molecule has 1 aliphatic carbocycles. The smallest absolute Gasteiger partial charge is 0.0248 e. The Kier molecular flexibility index (Phi) is 4.48. The standard InChI is InChI=1S/C15H30N2/c1-15(2,3)13-9-5-6-10-14(13)16-17-11-7-4-8-12-17/h13-14,16H,4-12H2,1-3H3. The van der Waals surface area contributed by atoms with Crippen molar-refractivity contribution < 1.29 is 0 Å². The number of nitrogens with one attached hydrogen (secondary N) is 1. The summed E-state index contributed by atoms with van der Waals surface area (Å²) in [6.45, 7) is 9.75. The molecule has 0 aromatic carbocycles. The molecule has 1 saturated carbocycles. The highest BCUT2D eigenvalue weighted by atomic mass is 15.5. The maximum absolute atomic E-state index is 3.85. The maximum Gasteiger partial charge on any atom is 0.0248 e. The second-order valence-corrected chi connectivity index (χ2v) is 7.04. The van der Waals surface area contributed by atoms with E-state index in [-0.39, 0.29) is 0 Å². The minimum atomic E-state index is 0.452. The second-order valence-electron chi connectivity index (χ2n) is 7.04. The number of piperidine rings is 1.